The van der Waals surface area contributed by atoms with Gasteiger partial charge in [0, 0.05) is 39.2 Å². The zero-order chi connectivity index (χ0) is 15.2. The third-order valence-electron chi connectivity index (χ3n) is 4.52. The Morgan fingerprint density at radius 2 is 2.10 bits per heavy atom. The van der Waals surface area contributed by atoms with Crippen molar-refractivity contribution in [3.8, 4) is 0 Å². The summed E-state index contributed by atoms with van der Waals surface area (Å²) in [6, 6.07) is 0.334. The Kier molecular flexibility index (Phi) is 5.99. The zero-order valence-corrected chi connectivity index (χ0v) is 12.8. The van der Waals surface area contributed by atoms with Gasteiger partial charge in [0.2, 0.25) is 11.8 Å². The Morgan fingerprint density at radius 3 is 2.71 bits per heavy atom. The molecule has 1 atom stereocenters. The molecule has 1 aliphatic heterocycles. The summed E-state index contributed by atoms with van der Waals surface area (Å²) in [5.74, 6) is -0.188. The van der Waals surface area contributed by atoms with Crippen molar-refractivity contribution in [2.24, 2.45) is 5.92 Å². The first-order valence-corrected chi connectivity index (χ1v) is 7.85. The topological polar surface area (TPSA) is 70.1 Å². The number of nitrogens with zero attached hydrogens (tertiary/aromatic N) is 2. The quantitative estimate of drug-likeness (QED) is 0.731. The van der Waals surface area contributed by atoms with Gasteiger partial charge in [-0.15, -0.1) is 0 Å². The normalized spacial score (nSPS) is 23.0. The summed E-state index contributed by atoms with van der Waals surface area (Å²) in [6.07, 6.45) is 4.80. The Bertz CT molecular complexity index is 369. The average Bonchev–Trinajstić information content (AvgIpc) is 3.11. The minimum absolute atomic E-state index is 0.0325. The molecule has 0 spiro atoms. The molecule has 1 N–H and O–H groups in total. The number of aliphatic hydroxyl groups excluding tert-OH is 1. The first-order chi connectivity index (χ1) is 10.2. The molecule has 1 unspecified atom stereocenters. The lowest BCUT2D eigenvalue weighted by molar-refractivity contribution is -0.137. The molecule has 0 aromatic carbocycles. The average molecular weight is 298 g/mol. The minimum Gasteiger partial charge on any atom is -0.395 e. The summed E-state index contributed by atoms with van der Waals surface area (Å²) in [4.78, 5) is 28.2. The maximum atomic E-state index is 12.5. The van der Waals surface area contributed by atoms with Crippen LogP contribution in [0.15, 0.2) is 0 Å². The number of hydrogen-bond acceptors (Lipinski definition) is 4. The van der Waals surface area contributed by atoms with Crippen molar-refractivity contribution >= 4 is 11.8 Å². The van der Waals surface area contributed by atoms with E-state index in [2.05, 4.69) is 0 Å². The fourth-order valence-corrected chi connectivity index (χ4v) is 3.38. The van der Waals surface area contributed by atoms with Crippen LogP contribution in [-0.2, 0) is 14.3 Å². The van der Waals surface area contributed by atoms with E-state index in [-0.39, 0.29) is 24.3 Å². The van der Waals surface area contributed by atoms with Crippen molar-refractivity contribution in [2.75, 3.05) is 40.0 Å². The second-order valence-corrected chi connectivity index (χ2v) is 5.93. The van der Waals surface area contributed by atoms with Gasteiger partial charge in [-0.05, 0) is 12.8 Å². The van der Waals surface area contributed by atoms with Crippen LogP contribution in [0.1, 0.15) is 32.1 Å². The van der Waals surface area contributed by atoms with Crippen molar-refractivity contribution in [3.05, 3.63) is 0 Å². The van der Waals surface area contributed by atoms with Crippen LogP contribution >= 0.6 is 0 Å². The number of ether oxygens (including phenoxy) is 1. The van der Waals surface area contributed by atoms with Crippen LogP contribution in [0.2, 0.25) is 0 Å². The number of methoxy groups -OCH3 is 1. The van der Waals surface area contributed by atoms with Crippen molar-refractivity contribution < 1.29 is 19.4 Å². The molecule has 1 saturated heterocycles. The summed E-state index contributed by atoms with van der Waals surface area (Å²) >= 11 is 0. The predicted octanol–water partition coefficient (Wildman–Crippen LogP) is 0.245. The molecule has 1 aliphatic carbocycles. The fourth-order valence-electron chi connectivity index (χ4n) is 3.38. The van der Waals surface area contributed by atoms with Gasteiger partial charge in [0.05, 0.1) is 19.1 Å². The first kappa shape index (κ1) is 16.2. The van der Waals surface area contributed by atoms with Crippen molar-refractivity contribution in [3.63, 3.8) is 0 Å². The van der Waals surface area contributed by atoms with E-state index in [0.717, 1.165) is 12.8 Å². The molecule has 21 heavy (non-hydrogen) atoms. The van der Waals surface area contributed by atoms with Gasteiger partial charge in [-0.2, -0.15) is 0 Å². The summed E-state index contributed by atoms with van der Waals surface area (Å²) in [7, 11) is 1.59. The highest BCUT2D eigenvalue weighted by molar-refractivity contribution is 5.89. The molecule has 6 heteroatoms. The molecule has 0 aromatic rings. The molecule has 1 saturated carbocycles. The first-order valence-electron chi connectivity index (χ1n) is 7.85. The number of aliphatic hydroxyl groups is 1. The van der Waals surface area contributed by atoms with Crippen LogP contribution in [0.3, 0.4) is 0 Å². The van der Waals surface area contributed by atoms with Gasteiger partial charge in [-0.25, -0.2) is 0 Å². The number of likely N-dealkylation sites (tertiary alicyclic amines) is 1. The van der Waals surface area contributed by atoms with Crippen molar-refractivity contribution in [1.29, 1.82) is 0 Å². The fraction of sp³-hybridized carbons (Fsp3) is 0.867. The van der Waals surface area contributed by atoms with E-state index in [1.54, 1.807) is 12.0 Å². The second kappa shape index (κ2) is 7.75. The zero-order valence-electron chi connectivity index (χ0n) is 12.8. The largest absolute Gasteiger partial charge is 0.395 e. The molecule has 2 fully saturated rings. The SMILES string of the molecule is COCCN(CCO)C(=O)C1CC(=O)N(C2CCCC2)C1. The van der Waals surface area contributed by atoms with Crippen LogP contribution in [-0.4, -0.2) is 72.7 Å². The highest BCUT2D eigenvalue weighted by Gasteiger charge is 2.39. The lowest BCUT2D eigenvalue weighted by atomic mass is 10.1. The van der Waals surface area contributed by atoms with Crippen LogP contribution in [0.25, 0.3) is 0 Å². The van der Waals surface area contributed by atoms with Crippen LogP contribution in [0, 0.1) is 5.92 Å². The lowest BCUT2D eigenvalue weighted by Crippen LogP contribution is -2.41. The third kappa shape index (κ3) is 3.95. The van der Waals surface area contributed by atoms with Crippen LogP contribution in [0.5, 0.6) is 0 Å². The molecule has 1 heterocycles. The predicted molar refractivity (Wildman–Crippen MR) is 77.6 cm³/mol. The van der Waals surface area contributed by atoms with Crippen molar-refractivity contribution in [1.82, 2.24) is 9.80 Å². The Balaban J connectivity index is 1.93. The molecule has 0 aromatic heterocycles. The number of carbonyl (C=O) groups excluding carboxylic acids is 2. The number of hydrogen-bond donors (Lipinski definition) is 1. The third-order valence-corrected chi connectivity index (χ3v) is 4.52. The van der Waals surface area contributed by atoms with Gasteiger partial charge in [0.25, 0.3) is 0 Å². The summed E-state index contributed by atoms with van der Waals surface area (Å²) in [5, 5.41) is 9.09. The molecular weight excluding hydrogens is 272 g/mol. The molecule has 2 aliphatic rings. The standard InChI is InChI=1S/C15H26N2O4/c1-21-9-7-16(6-8-18)15(20)12-10-14(19)17(11-12)13-4-2-3-5-13/h12-13,18H,2-11H2,1H3. The van der Waals surface area contributed by atoms with E-state index in [1.807, 2.05) is 4.90 Å². The smallest absolute Gasteiger partial charge is 0.228 e. The molecule has 2 rings (SSSR count). The van der Waals surface area contributed by atoms with E-state index < -0.39 is 0 Å². The van der Waals surface area contributed by atoms with E-state index in [9.17, 15) is 9.59 Å². The highest BCUT2D eigenvalue weighted by Crippen LogP contribution is 2.30. The monoisotopic (exact) mass is 298 g/mol. The Morgan fingerprint density at radius 1 is 1.38 bits per heavy atom. The van der Waals surface area contributed by atoms with Gasteiger partial charge < -0.3 is 19.6 Å². The van der Waals surface area contributed by atoms with Gasteiger partial charge in [-0.3, -0.25) is 9.59 Å². The van der Waals surface area contributed by atoms with Crippen LogP contribution < -0.4 is 0 Å². The number of carbonyl (C=O) groups is 2. The van der Waals surface area contributed by atoms with Crippen LogP contribution in [0.4, 0.5) is 0 Å². The molecule has 0 bridgehead atoms. The maximum absolute atomic E-state index is 12.5. The maximum Gasteiger partial charge on any atom is 0.228 e. The minimum atomic E-state index is -0.262. The Labute approximate surface area is 126 Å². The molecule has 0 radical (unpaired) electrons. The van der Waals surface area contributed by atoms with Gasteiger partial charge in [0.15, 0.2) is 0 Å². The Hall–Kier alpha value is -1.14. The summed E-state index contributed by atoms with van der Waals surface area (Å²) in [5.41, 5.74) is 0. The number of amides is 2. The van der Waals surface area contributed by atoms with Gasteiger partial charge in [-0.1, -0.05) is 12.8 Å². The van der Waals surface area contributed by atoms with Gasteiger partial charge >= 0.3 is 0 Å². The summed E-state index contributed by atoms with van der Waals surface area (Å²) < 4.78 is 5.00. The highest BCUT2D eigenvalue weighted by atomic mass is 16.5. The van der Waals surface area contributed by atoms with E-state index >= 15 is 0 Å². The van der Waals surface area contributed by atoms with E-state index in [4.69, 9.17) is 9.84 Å². The number of rotatable bonds is 7. The van der Waals surface area contributed by atoms with E-state index in [1.165, 1.54) is 12.8 Å². The molecule has 6 nitrogen and oxygen atoms in total. The second-order valence-electron chi connectivity index (χ2n) is 5.93. The van der Waals surface area contributed by atoms with Crippen molar-refractivity contribution in [2.45, 2.75) is 38.1 Å². The molecule has 2 amide bonds. The lowest BCUT2D eigenvalue weighted by Gasteiger charge is -2.26. The molecule has 120 valence electrons. The summed E-state index contributed by atoms with van der Waals surface area (Å²) in [6.45, 7) is 1.68. The van der Waals surface area contributed by atoms with Gasteiger partial charge in [0.1, 0.15) is 0 Å². The van der Waals surface area contributed by atoms with E-state index in [0.29, 0.717) is 38.7 Å². The molecular formula is C15H26N2O4.